The second-order valence-corrected chi connectivity index (χ2v) is 4.40. The van der Waals surface area contributed by atoms with Crippen LogP contribution in [0.5, 0.6) is 17.5 Å². The third-order valence-electron chi connectivity index (χ3n) is 2.66. The molecular weight excluding hydrogens is 242 g/mol. The van der Waals surface area contributed by atoms with E-state index < -0.39 is 0 Å². The van der Waals surface area contributed by atoms with Crippen LogP contribution >= 0.6 is 0 Å². The number of hydrogen-bond acceptors (Lipinski definition) is 5. The van der Waals surface area contributed by atoms with E-state index in [0.717, 1.165) is 11.3 Å². The molecule has 0 aliphatic carbocycles. The molecule has 0 spiro atoms. The summed E-state index contributed by atoms with van der Waals surface area (Å²) in [5.41, 5.74) is 6.71. The Morgan fingerprint density at radius 1 is 1.11 bits per heavy atom. The van der Waals surface area contributed by atoms with Gasteiger partial charge in [0, 0.05) is 0 Å². The van der Waals surface area contributed by atoms with Crippen LogP contribution in [0, 0.1) is 0 Å². The van der Waals surface area contributed by atoms with Crippen LogP contribution in [0.4, 0.5) is 5.95 Å². The van der Waals surface area contributed by atoms with E-state index in [1.807, 2.05) is 24.3 Å². The number of nitrogen functional groups attached to an aromatic ring is 1. The van der Waals surface area contributed by atoms with Gasteiger partial charge in [0.15, 0.2) is 0 Å². The monoisotopic (exact) mass is 259 g/mol. The maximum Gasteiger partial charge on any atom is 0.227 e. The highest BCUT2D eigenvalue weighted by Crippen LogP contribution is 2.30. The van der Waals surface area contributed by atoms with Crippen LogP contribution in [-0.4, -0.2) is 17.1 Å². The van der Waals surface area contributed by atoms with Gasteiger partial charge in [0.05, 0.1) is 13.2 Å². The minimum atomic E-state index is 0.122. The van der Waals surface area contributed by atoms with Crippen molar-refractivity contribution in [1.29, 1.82) is 0 Å². The molecule has 5 nitrogen and oxygen atoms in total. The third kappa shape index (κ3) is 3.13. The first-order valence-corrected chi connectivity index (χ1v) is 6.05. The Morgan fingerprint density at radius 2 is 1.79 bits per heavy atom. The summed E-state index contributed by atoms with van der Waals surface area (Å²) in [4.78, 5) is 7.96. The molecule has 1 aromatic heterocycles. The van der Waals surface area contributed by atoms with Gasteiger partial charge >= 0.3 is 0 Å². The van der Waals surface area contributed by atoms with Crippen molar-refractivity contribution >= 4 is 5.95 Å². The standard InChI is InChI=1S/C14H17N3O2/c1-9(2)10-6-4-5-7-11(10)19-13-8-12(18-3)16-14(15)17-13/h4-9H,1-3H3,(H2,15,16,17). The van der Waals surface area contributed by atoms with Crippen LogP contribution in [-0.2, 0) is 0 Å². The molecule has 0 saturated heterocycles. The SMILES string of the molecule is COc1cc(Oc2ccccc2C(C)C)nc(N)n1. The van der Waals surface area contributed by atoms with Gasteiger partial charge in [-0.05, 0) is 17.5 Å². The fourth-order valence-electron chi connectivity index (χ4n) is 1.74. The summed E-state index contributed by atoms with van der Waals surface area (Å²) in [6.45, 7) is 4.22. The van der Waals surface area contributed by atoms with Crippen molar-refractivity contribution in [1.82, 2.24) is 9.97 Å². The van der Waals surface area contributed by atoms with Gasteiger partial charge in [-0.15, -0.1) is 0 Å². The minimum absolute atomic E-state index is 0.122. The Morgan fingerprint density at radius 3 is 2.47 bits per heavy atom. The molecule has 0 fully saturated rings. The van der Waals surface area contributed by atoms with Gasteiger partial charge in [0.25, 0.3) is 0 Å². The number of nitrogens with two attached hydrogens (primary N) is 1. The molecule has 0 amide bonds. The molecule has 2 N–H and O–H groups in total. The summed E-state index contributed by atoms with van der Waals surface area (Å²) < 4.78 is 10.8. The Labute approximate surface area is 112 Å². The predicted molar refractivity (Wildman–Crippen MR) is 73.6 cm³/mol. The lowest BCUT2D eigenvalue weighted by Crippen LogP contribution is -2.00. The largest absolute Gasteiger partial charge is 0.481 e. The summed E-state index contributed by atoms with van der Waals surface area (Å²) in [7, 11) is 1.52. The van der Waals surface area contributed by atoms with Crippen molar-refractivity contribution < 1.29 is 9.47 Å². The number of anilines is 1. The molecule has 1 heterocycles. The number of para-hydroxylation sites is 1. The quantitative estimate of drug-likeness (QED) is 0.914. The smallest absolute Gasteiger partial charge is 0.227 e. The average Bonchev–Trinajstić information content (AvgIpc) is 2.38. The van der Waals surface area contributed by atoms with Crippen LogP contribution < -0.4 is 15.2 Å². The van der Waals surface area contributed by atoms with Gasteiger partial charge < -0.3 is 15.2 Å². The van der Waals surface area contributed by atoms with Crippen molar-refractivity contribution in [2.45, 2.75) is 19.8 Å². The summed E-state index contributed by atoms with van der Waals surface area (Å²) >= 11 is 0. The van der Waals surface area contributed by atoms with Crippen molar-refractivity contribution in [2.75, 3.05) is 12.8 Å². The minimum Gasteiger partial charge on any atom is -0.481 e. The lowest BCUT2D eigenvalue weighted by molar-refractivity contribution is 0.388. The highest BCUT2D eigenvalue weighted by Gasteiger charge is 2.10. The molecule has 19 heavy (non-hydrogen) atoms. The molecule has 0 atom stereocenters. The van der Waals surface area contributed by atoms with E-state index in [2.05, 4.69) is 23.8 Å². The van der Waals surface area contributed by atoms with Gasteiger partial charge in [-0.25, -0.2) is 0 Å². The first-order chi connectivity index (χ1) is 9.10. The summed E-state index contributed by atoms with van der Waals surface area (Å²) in [5, 5.41) is 0. The normalized spacial score (nSPS) is 10.5. The van der Waals surface area contributed by atoms with Gasteiger partial charge in [-0.1, -0.05) is 32.0 Å². The van der Waals surface area contributed by atoms with E-state index in [9.17, 15) is 0 Å². The second-order valence-electron chi connectivity index (χ2n) is 4.40. The summed E-state index contributed by atoms with van der Waals surface area (Å²) in [5.74, 6) is 1.99. The number of nitrogens with zero attached hydrogens (tertiary/aromatic N) is 2. The van der Waals surface area contributed by atoms with E-state index >= 15 is 0 Å². The summed E-state index contributed by atoms with van der Waals surface area (Å²) in [6, 6.07) is 9.44. The number of hydrogen-bond donors (Lipinski definition) is 1. The van der Waals surface area contributed by atoms with Crippen LogP contribution in [0.2, 0.25) is 0 Å². The highest BCUT2D eigenvalue weighted by molar-refractivity contribution is 5.39. The molecule has 0 bridgehead atoms. The number of aromatic nitrogens is 2. The molecule has 0 saturated carbocycles. The van der Waals surface area contributed by atoms with Gasteiger partial charge in [-0.3, -0.25) is 0 Å². The molecule has 0 aliphatic heterocycles. The van der Waals surface area contributed by atoms with Crippen molar-refractivity contribution in [2.24, 2.45) is 0 Å². The Hall–Kier alpha value is -2.30. The average molecular weight is 259 g/mol. The third-order valence-corrected chi connectivity index (χ3v) is 2.66. The Bertz CT molecular complexity index is 570. The lowest BCUT2D eigenvalue weighted by Gasteiger charge is -2.13. The maximum absolute atomic E-state index is 5.78. The van der Waals surface area contributed by atoms with Crippen LogP contribution in [0.3, 0.4) is 0 Å². The van der Waals surface area contributed by atoms with Gasteiger partial charge in [0.2, 0.25) is 17.7 Å². The fourth-order valence-corrected chi connectivity index (χ4v) is 1.74. The molecule has 100 valence electrons. The number of benzene rings is 1. The molecule has 5 heteroatoms. The fraction of sp³-hybridized carbons (Fsp3) is 0.286. The molecule has 0 unspecified atom stereocenters. The van der Waals surface area contributed by atoms with Crippen LogP contribution in [0.15, 0.2) is 30.3 Å². The van der Waals surface area contributed by atoms with Crippen molar-refractivity contribution in [3.05, 3.63) is 35.9 Å². The predicted octanol–water partition coefficient (Wildman–Crippen LogP) is 2.98. The first kappa shape index (κ1) is 13.1. The highest BCUT2D eigenvalue weighted by atomic mass is 16.5. The zero-order valence-corrected chi connectivity index (χ0v) is 11.3. The number of rotatable bonds is 4. The zero-order valence-electron chi connectivity index (χ0n) is 11.3. The molecular formula is C14H17N3O2. The number of ether oxygens (including phenoxy) is 2. The van der Waals surface area contributed by atoms with Crippen LogP contribution in [0.1, 0.15) is 25.3 Å². The van der Waals surface area contributed by atoms with E-state index in [0.29, 0.717) is 17.7 Å². The van der Waals surface area contributed by atoms with Crippen molar-refractivity contribution in [3.63, 3.8) is 0 Å². The van der Waals surface area contributed by atoms with Crippen molar-refractivity contribution in [3.8, 4) is 17.5 Å². The summed E-state index contributed by atoms with van der Waals surface area (Å²) in [6.07, 6.45) is 0. The molecule has 2 aromatic rings. The number of methoxy groups -OCH3 is 1. The van der Waals surface area contributed by atoms with E-state index in [4.69, 9.17) is 15.2 Å². The Balaban J connectivity index is 2.33. The van der Waals surface area contributed by atoms with Gasteiger partial charge in [-0.2, -0.15) is 9.97 Å². The first-order valence-electron chi connectivity index (χ1n) is 6.05. The second kappa shape index (κ2) is 5.56. The zero-order chi connectivity index (χ0) is 13.8. The topological polar surface area (TPSA) is 70.3 Å². The molecule has 0 aliphatic rings. The Kier molecular flexibility index (Phi) is 3.85. The van der Waals surface area contributed by atoms with Crippen LogP contribution in [0.25, 0.3) is 0 Å². The maximum atomic E-state index is 5.78. The molecule has 2 rings (SSSR count). The van der Waals surface area contributed by atoms with E-state index in [-0.39, 0.29) is 5.95 Å². The van der Waals surface area contributed by atoms with E-state index in [1.165, 1.54) is 7.11 Å². The van der Waals surface area contributed by atoms with Gasteiger partial charge in [0.1, 0.15) is 5.75 Å². The van der Waals surface area contributed by atoms with E-state index in [1.54, 1.807) is 6.07 Å². The lowest BCUT2D eigenvalue weighted by atomic mass is 10.0. The molecule has 1 aromatic carbocycles. The molecule has 0 radical (unpaired) electrons.